The molecule has 4 rings (SSSR count). The Morgan fingerprint density at radius 1 is 1.04 bits per heavy atom. The highest BCUT2D eigenvalue weighted by atomic mass is 32.2. The summed E-state index contributed by atoms with van der Waals surface area (Å²) in [6, 6.07) is 16.5. The Kier molecular flexibility index (Phi) is 5.50. The number of morpholine rings is 1. The molecule has 1 aromatic heterocycles. The van der Waals surface area contributed by atoms with Gasteiger partial charge in [-0.3, -0.25) is 0 Å². The first-order valence-corrected chi connectivity index (χ1v) is 9.54. The molecule has 0 unspecified atom stereocenters. The van der Waals surface area contributed by atoms with E-state index >= 15 is 0 Å². The summed E-state index contributed by atoms with van der Waals surface area (Å²) in [6.45, 7) is 3.36. The lowest BCUT2D eigenvalue weighted by Crippen LogP contribution is -2.36. The van der Waals surface area contributed by atoms with Crippen molar-refractivity contribution in [3.63, 3.8) is 0 Å². The molecule has 2 heterocycles. The molecule has 0 saturated carbocycles. The van der Waals surface area contributed by atoms with Crippen LogP contribution >= 0.6 is 11.8 Å². The monoisotopic (exact) mass is 382 g/mol. The number of ether oxygens (including phenoxy) is 1. The van der Waals surface area contributed by atoms with Crippen molar-refractivity contribution in [3.8, 4) is 0 Å². The zero-order valence-electron chi connectivity index (χ0n) is 14.6. The fourth-order valence-electron chi connectivity index (χ4n) is 2.82. The van der Waals surface area contributed by atoms with E-state index in [0.717, 1.165) is 41.9 Å². The van der Waals surface area contributed by atoms with E-state index in [9.17, 15) is 4.39 Å². The summed E-state index contributed by atoms with van der Waals surface area (Å²) in [4.78, 5) is 11.9. The molecule has 3 aromatic rings. The summed E-state index contributed by atoms with van der Waals surface area (Å²) in [6.07, 6.45) is 1.69. The number of benzene rings is 2. The van der Waals surface area contributed by atoms with Gasteiger partial charge in [-0.05, 0) is 48.5 Å². The molecule has 0 spiro atoms. The minimum absolute atomic E-state index is 0.257. The van der Waals surface area contributed by atoms with Gasteiger partial charge in [0, 0.05) is 35.6 Å². The summed E-state index contributed by atoms with van der Waals surface area (Å²) in [5, 5.41) is 3.97. The first-order chi connectivity index (χ1) is 13.3. The van der Waals surface area contributed by atoms with Crippen LogP contribution < -0.4 is 10.2 Å². The smallest absolute Gasteiger partial charge is 0.228 e. The maximum absolute atomic E-state index is 13.3. The van der Waals surface area contributed by atoms with Crippen LogP contribution in [0, 0.1) is 5.82 Å². The quantitative estimate of drug-likeness (QED) is 0.662. The number of nitrogens with one attached hydrogen (secondary N) is 1. The second-order valence-electron chi connectivity index (χ2n) is 6.05. The number of hydrogen-bond acceptors (Lipinski definition) is 6. The van der Waals surface area contributed by atoms with Crippen molar-refractivity contribution in [2.75, 3.05) is 36.5 Å². The Bertz CT molecular complexity index is 900. The third kappa shape index (κ3) is 4.75. The van der Waals surface area contributed by atoms with E-state index < -0.39 is 0 Å². The SMILES string of the molecule is Fc1cccc(Sc2ccnc(Nc3ccc(N4CCOCC4)cc3)n2)c1. The molecule has 7 heteroatoms. The largest absolute Gasteiger partial charge is 0.378 e. The van der Waals surface area contributed by atoms with Gasteiger partial charge in [-0.2, -0.15) is 0 Å². The van der Waals surface area contributed by atoms with Crippen LogP contribution in [0.5, 0.6) is 0 Å². The lowest BCUT2D eigenvalue weighted by atomic mass is 10.2. The minimum atomic E-state index is -0.257. The molecule has 0 amide bonds. The van der Waals surface area contributed by atoms with E-state index in [1.165, 1.54) is 29.6 Å². The standard InChI is InChI=1S/C20H19FN4OS/c21-15-2-1-3-18(14-15)27-19-8-9-22-20(24-19)23-16-4-6-17(7-5-16)25-10-12-26-13-11-25/h1-9,14H,10-13H2,(H,22,23,24). The van der Waals surface area contributed by atoms with Crippen molar-refractivity contribution < 1.29 is 9.13 Å². The highest BCUT2D eigenvalue weighted by Gasteiger charge is 2.11. The minimum Gasteiger partial charge on any atom is -0.378 e. The van der Waals surface area contributed by atoms with Gasteiger partial charge in [-0.1, -0.05) is 17.8 Å². The van der Waals surface area contributed by atoms with Crippen LogP contribution in [-0.4, -0.2) is 36.3 Å². The van der Waals surface area contributed by atoms with Crippen LogP contribution in [0.25, 0.3) is 0 Å². The normalized spacial score (nSPS) is 14.2. The van der Waals surface area contributed by atoms with E-state index in [0.29, 0.717) is 5.95 Å². The van der Waals surface area contributed by atoms with Gasteiger partial charge in [0.05, 0.1) is 13.2 Å². The molecule has 1 fully saturated rings. The van der Waals surface area contributed by atoms with Crippen molar-refractivity contribution in [1.29, 1.82) is 0 Å². The van der Waals surface area contributed by atoms with Gasteiger partial charge in [-0.25, -0.2) is 14.4 Å². The summed E-state index contributed by atoms with van der Waals surface area (Å²) < 4.78 is 18.7. The molecule has 5 nitrogen and oxygen atoms in total. The van der Waals surface area contributed by atoms with E-state index in [4.69, 9.17) is 4.74 Å². The molecule has 0 aliphatic carbocycles. The third-order valence-electron chi connectivity index (χ3n) is 4.15. The van der Waals surface area contributed by atoms with Gasteiger partial charge in [0.25, 0.3) is 0 Å². The van der Waals surface area contributed by atoms with Gasteiger partial charge >= 0.3 is 0 Å². The Morgan fingerprint density at radius 3 is 2.63 bits per heavy atom. The van der Waals surface area contributed by atoms with Crippen molar-refractivity contribution in [2.24, 2.45) is 0 Å². The predicted octanol–water partition coefficient (Wildman–Crippen LogP) is 4.35. The number of nitrogens with zero attached hydrogens (tertiary/aromatic N) is 3. The van der Waals surface area contributed by atoms with E-state index in [1.54, 1.807) is 12.3 Å². The van der Waals surface area contributed by atoms with Gasteiger partial charge in [0.15, 0.2) is 0 Å². The molecule has 1 aliphatic heterocycles. The fourth-order valence-corrected chi connectivity index (χ4v) is 3.64. The number of anilines is 3. The van der Waals surface area contributed by atoms with Crippen LogP contribution in [0.1, 0.15) is 0 Å². The average Bonchev–Trinajstić information content (AvgIpc) is 2.70. The molecular formula is C20H19FN4OS. The summed E-state index contributed by atoms with van der Waals surface area (Å²) in [5.74, 6) is 0.253. The molecule has 27 heavy (non-hydrogen) atoms. The molecule has 138 valence electrons. The molecule has 2 aromatic carbocycles. The molecule has 0 radical (unpaired) electrons. The van der Waals surface area contributed by atoms with E-state index in [-0.39, 0.29) is 5.82 Å². The molecule has 1 aliphatic rings. The molecule has 0 atom stereocenters. The first-order valence-electron chi connectivity index (χ1n) is 8.72. The average molecular weight is 382 g/mol. The Hall–Kier alpha value is -2.64. The topological polar surface area (TPSA) is 50.3 Å². The number of rotatable bonds is 5. The highest BCUT2D eigenvalue weighted by Crippen LogP contribution is 2.27. The summed E-state index contributed by atoms with van der Waals surface area (Å²) in [7, 11) is 0. The molecule has 1 saturated heterocycles. The fraction of sp³-hybridized carbons (Fsp3) is 0.200. The number of hydrogen-bond donors (Lipinski definition) is 1. The maximum Gasteiger partial charge on any atom is 0.228 e. The molecule has 1 N–H and O–H groups in total. The van der Waals surface area contributed by atoms with Crippen LogP contribution in [0.4, 0.5) is 21.7 Å². The second-order valence-corrected chi connectivity index (χ2v) is 7.14. The number of aromatic nitrogens is 2. The van der Waals surface area contributed by atoms with Gasteiger partial charge in [-0.15, -0.1) is 0 Å². The van der Waals surface area contributed by atoms with Crippen molar-refractivity contribution in [2.45, 2.75) is 9.92 Å². The van der Waals surface area contributed by atoms with Gasteiger partial charge in [0.1, 0.15) is 10.8 Å². The Morgan fingerprint density at radius 2 is 1.85 bits per heavy atom. The summed E-state index contributed by atoms with van der Waals surface area (Å²) >= 11 is 1.40. The lowest BCUT2D eigenvalue weighted by Gasteiger charge is -2.28. The van der Waals surface area contributed by atoms with Crippen LogP contribution in [0.3, 0.4) is 0 Å². The van der Waals surface area contributed by atoms with Gasteiger partial charge in [0.2, 0.25) is 5.95 Å². The predicted molar refractivity (Wildman–Crippen MR) is 105 cm³/mol. The van der Waals surface area contributed by atoms with Crippen LogP contribution in [0.2, 0.25) is 0 Å². The van der Waals surface area contributed by atoms with Gasteiger partial charge < -0.3 is 15.0 Å². The molecule has 0 bridgehead atoms. The highest BCUT2D eigenvalue weighted by molar-refractivity contribution is 7.99. The lowest BCUT2D eigenvalue weighted by molar-refractivity contribution is 0.122. The number of halogens is 1. The molecular weight excluding hydrogens is 363 g/mol. The van der Waals surface area contributed by atoms with Crippen molar-refractivity contribution in [1.82, 2.24) is 9.97 Å². The Balaban J connectivity index is 1.43. The van der Waals surface area contributed by atoms with E-state index in [1.807, 2.05) is 24.3 Å². The second kappa shape index (κ2) is 8.37. The van der Waals surface area contributed by atoms with Crippen LogP contribution in [0.15, 0.2) is 70.7 Å². The maximum atomic E-state index is 13.3. The Labute approximate surface area is 161 Å². The zero-order valence-corrected chi connectivity index (χ0v) is 15.5. The first kappa shape index (κ1) is 17.8. The van der Waals surface area contributed by atoms with Crippen molar-refractivity contribution in [3.05, 3.63) is 66.6 Å². The third-order valence-corrected chi connectivity index (χ3v) is 5.07. The van der Waals surface area contributed by atoms with Crippen molar-refractivity contribution >= 4 is 29.1 Å². The summed E-state index contributed by atoms with van der Waals surface area (Å²) in [5.41, 5.74) is 2.10. The van der Waals surface area contributed by atoms with E-state index in [2.05, 4.69) is 32.3 Å². The zero-order chi connectivity index (χ0) is 18.5. The van der Waals surface area contributed by atoms with Crippen LogP contribution in [-0.2, 0) is 4.74 Å².